The zero-order valence-corrected chi connectivity index (χ0v) is 8.40. The van der Waals surface area contributed by atoms with E-state index in [9.17, 15) is 0 Å². The Morgan fingerprint density at radius 1 is 1.00 bits per heavy atom. The zero-order chi connectivity index (χ0) is 9.80. The Labute approximate surface area is 85.3 Å². The molecule has 70 valence electrons. The summed E-state index contributed by atoms with van der Waals surface area (Å²) in [7, 11) is 0. The predicted molar refractivity (Wildman–Crippen MR) is 61.9 cm³/mol. The standard InChI is InChI=1S/C14H14/c1-12-6-5-9-14(11-10-12)13-7-3-2-4-8-13/h2-5,7-11H,6H2,1H3. The highest BCUT2D eigenvalue weighted by atomic mass is 14.0. The summed E-state index contributed by atoms with van der Waals surface area (Å²) in [5.41, 5.74) is 3.99. The summed E-state index contributed by atoms with van der Waals surface area (Å²) in [4.78, 5) is 0. The monoisotopic (exact) mass is 182 g/mol. The highest BCUT2D eigenvalue weighted by Crippen LogP contribution is 2.19. The van der Waals surface area contributed by atoms with Crippen LogP contribution in [-0.4, -0.2) is 0 Å². The van der Waals surface area contributed by atoms with Crippen molar-refractivity contribution in [2.24, 2.45) is 0 Å². The molecule has 0 fully saturated rings. The van der Waals surface area contributed by atoms with Gasteiger partial charge in [-0.1, -0.05) is 60.2 Å². The minimum Gasteiger partial charge on any atom is -0.0799 e. The summed E-state index contributed by atoms with van der Waals surface area (Å²) < 4.78 is 0. The summed E-state index contributed by atoms with van der Waals surface area (Å²) in [5, 5.41) is 0. The molecule has 1 aromatic carbocycles. The summed E-state index contributed by atoms with van der Waals surface area (Å²) in [6, 6.07) is 10.5. The minimum absolute atomic E-state index is 1.06. The average molecular weight is 182 g/mol. The fourth-order valence-corrected chi connectivity index (χ4v) is 1.55. The van der Waals surface area contributed by atoms with Gasteiger partial charge >= 0.3 is 0 Å². The number of hydrogen-bond donors (Lipinski definition) is 0. The molecule has 0 spiro atoms. The second-order valence-electron chi connectivity index (χ2n) is 3.61. The number of rotatable bonds is 1. The molecule has 1 aromatic rings. The molecule has 1 aliphatic rings. The Morgan fingerprint density at radius 3 is 2.57 bits per heavy atom. The van der Waals surface area contributed by atoms with Crippen LogP contribution in [0.3, 0.4) is 0 Å². The SMILES string of the molecule is CC1=CC=C(c2ccccc2)C=CC1. The van der Waals surface area contributed by atoms with Gasteiger partial charge in [0.2, 0.25) is 0 Å². The summed E-state index contributed by atoms with van der Waals surface area (Å²) in [5.74, 6) is 0. The van der Waals surface area contributed by atoms with E-state index < -0.39 is 0 Å². The molecule has 0 saturated heterocycles. The van der Waals surface area contributed by atoms with E-state index in [1.165, 1.54) is 16.7 Å². The first kappa shape index (κ1) is 9.01. The van der Waals surface area contributed by atoms with Crippen LogP contribution in [0.5, 0.6) is 0 Å². The molecular formula is C14H14. The van der Waals surface area contributed by atoms with Gasteiger partial charge in [-0.3, -0.25) is 0 Å². The molecule has 0 bridgehead atoms. The third-order valence-electron chi connectivity index (χ3n) is 2.39. The topological polar surface area (TPSA) is 0 Å². The summed E-state index contributed by atoms with van der Waals surface area (Å²) in [6.07, 6.45) is 9.86. The van der Waals surface area contributed by atoms with E-state index >= 15 is 0 Å². The molecule has 0 aromatic heterocycles. The van der Waals surface area contributed by atoms with Gasteiger partial charge < -0.3 is 0 Å². The second-order valence-corrected chi connectivity index (χ2v) is 3.61. The largest absolute Gasteiger partial charge is 0.0799 e. The number of allylic oxidation sites excluding steroid dienone is 6. The van der Waals surface area contributed by atoms with Crippen LogP contribution in [0.1, 0.15) is 18.9 Å². The average Bonchev–Trinajstić information content (AvgIpc) is 2.44. The van der Waals surface area contributed by atoms with Gasteiger partial charge in [0.25, 0.3) is 0 Å². The molecule has 14 heavy (non-hydrogen) atoms. The van der Waals surface area contributed by atoms with Gasteiger partial charge in [-0.05, 0) is 24.5 Å². The smallest absolute Gasteiger partial charge is 0.0135 e. The number of hydrogen-bond acceptors (Lipinski definition) is 0. The third kappa shape index (κ3) is 2.02. The van der Waals surface area contributed by atoms with Gasteiger partial charge in [-0.15, -0.1) is 0 Å². The van der Waals surface area contributed by atoms with Gasteiger partial charge in [-0.2, -0.15) is 0 Å². The maximum atomic E-state index is 2.22. The molecule has 0 amide bonds. The lowest BCUT2D eigenvalue weighted by Gasteiger charge is -1.99. The van der Waals surface area contributed by atoms with Crippen LogP contribution < -0.4 is 0 Å². The van der Waals surface area contributed by atoms with Gasteiger partial charge in [0.1, 0.15) is 0 Å². The highest BCUT2D eigenvalue weighted by molar-refractivity contribution is 5.75. The Bertz CT molecular complexity index is 391. The Morgan fingerprint density at radius 2 is 1.79 bits per heavy atom. The van der Waals surface area contributed by atoms with Crippen molar-refractivity contribution in [3.8, 4) is 0 Å². The van der Waals surface area contributed by atoms with E-state index in [-0.39, 0.29) is 0 Å². The molecule has 0 N–H and O–H groups in total. The van der Waals surface area contributed by atoms with Crippen LogP contribution in [0.4, 0.5) is 0 Å². The van der Waals surface area contributed by atoms with Crippen LogP contribution in [0, 0.1) is 0 Å². The van der Waals surface area contributed by atoms with E-state index in [4.69, 9.17) is 0 Å². The van der Waals surface area contributed by atoms with Crippen molar-refractivity contribution in [2.75, 3.05) is 0 Å². The van der Waals surface area contributed by atoms with Crippen molar-refractivity contribution in [1.29, 1.82) is 0 Å². The molecule has 0 radical (unpaired) electrons. The lowest BCUT2D eigenvalue weighted by atomic mass is 10.1. The number of benzene rings is 1. The van der Waals surface area contributed by atoms with Crippen molar-refractivity contribution >= 4 is 5.57 Å². The minimum atomic E-state index is 1.06. The van der Waals surface area contributed by atoms with Crippen molar-refractivity contribution in [3.05, 3.63) is 65.8 Å². The van der Waals surface area contributed by atoms with Crippen LogP contribution in [0.2, 0.25) is 0 Å². The molecule has 0 heteroatoms. The van der Waals surface area contributed by atoms with Crippen LogP contribution in [0.15, 0.2) is 60.2 Å². The van der Waals surface area contributed by atoms with Crippen LogP contribution >= 0.6 is 0 Å². The van der Waals surface area contributed by atoms with E-state index in [2.05, 4.69) is 55.5 Å². The van der Waals surface area contributed by atoms with Gasteiger partial charge in [0.15, 0.2) is 0 Å². The first-order chi connectivity index (χ1) is 6.86. The van der Waals surface area contributed by atoms with E-state index in [1.54, 1.807) is 0 Å². The van der Waals surface area contributed by atoms with Crippen LogP contribution in [0.25, 0.3) is 5.57 Å². The molecule has 0 aliphatic heterocycles. The fraction of sp³-hybridized carbons (Fsp3) is 0.143. The van der Waals surface area contributed by atoms with Crippen LogP contribution in [-0.2, 0) is 0 Å². The van der Waals surface area contributed by atoms with E-state index in [0.29, 0.717) is 0 Å². The van der Waals surface area contributed by atoms with Crippen molar-refractivity contribution < 1.29 is 0 Å². The highest BCUT2D eigenvalue weighted by Gasteiger charge is 1.98. The molecule has 0 atom stereocenters. The Kier molecular flexibility index (Phi) is 2.64. The second kappa shape index (κ2) is 4.10. The first-order valence-corrected chi connectivity index (χ1v) is 4.96. The first-order valence-electron chi connectivity index (χ1n) is 4.96. The summed E-state index contributed by atoms with van der Waals surface area (Å²) in [6.45, 7) is 2.16. The molecular weight excluding hydrogens is 168 g/mol. The summed E-state index contributed by atoms with van der Waals surface area (Å²) >= 11 is 0. The molecule has 0 nitrogen and oxygen atoms in total. The quantitative estimate of drug-likeness (QED) is 0.616. The van der Waals surface area contributed by atoms with Gasteiger partial charge in [0, 0.05) is 0 Å². The lowest BCUT2D eigenvalue weighted by Crippen LogP contribution is -1.77. The Hall–Kier alpha value is -1.56. The zero-order valence-electron chi connectivity index (χ0n) is 8.40. The normalized spacial score (nSPS) is 15.8. The van der Waals surface area contributed by atoms with Crippen molar-refractivity contribution in [1.82, 2.24) is 0 Å². The molecule has 2 rings (SSSR count). The van der Waals surface area contributed by atoms with E-state index in [1.807, 2.05) is 6.07 Å². The van der Waals surface area contributed by atoms with Crippen molar-refractivity contribution in [2.45, 2.75) is 13.3 Å². The molecule has 0 heterocycles. The van der Waals surface area contributed by atoms with E-state index in [0.717, 1.165) is 6.42 Å². The van der Waals surface area contributed by atoms with Gasteiger partial charge in [0.05, 0.1) is 0 Å². The molecule has 0 unspecified atom stereocenters. The maximum Gasteiger partial charge on any atom is -0.0135 e. The predicted octanol–water partition coefficient (Wildman–Crippen LogP) is 3.98. The van der Waals surface area contributed by atoms with Gasteiger partial charge in [-0.25, -0.2) is 0 Å². The lowest BCUT2D eigenvalue weighted by molar-refractivity contribution is 1.22. The molecule has 1 aliphatic carbocycles. The fourth-order valence-electron chi connectivity index (χ4n) is 1.55. The third-order valence-corrected chi connectivity index (χ3v) is 2.39. The molecule has 0 saturated carbocycles. The van der Waals surface area contributed by atoms with Crippen molar-refractivity contribution in [3.63, 3.8) is 0 Å². The Balaban J connectivity index is 2.36. The maximum absolute atomic E-state index is 2.22.